The summed E-state index contributed by atoms with van der Waals surface area (Å²) in [6, 6.07) is 7.56. The topological polar surface area (TPSA) is 86.1 Å². The molecule has 0 radical (unpaired) electrons. The molecule has 1 N–H and O–H groups in total. The van der Waals surface area contributed by atoms with Crippen molar-refractivity contribution in [1.29, 1.82) is 0 Å². The summed E-state index contributed by atoms with van der Waals surface area (Å²) in [5.74, 6) is -0.923. The number of aryl methyl sites for hydroxylation is 3. The summed E-state index contributed by atoms with van der Waals surface area (Å²) in [5, 5.41) is 13.1. The number of hydrogen-bond donors (Lipinski definition) is 1. The van der Waals surface area contributed by atoms with Gasteiger partial charge in [-0.25, -0.2) is 4.79 Å². The van der Waals surface area contributed by atoms with Crippen molar-refractivity contribution in [3.63, 3.8) is 0 Å². The molecule has 0 bridgehead atoms. The summed E-state index contributed by atoms with van der Waals surface area (Å²) >= 11 is 1.20. The van der Waals surface area contributed by atoms with Crippen molar-refractivity contribution < 1.29 is 14.3 Å². The minimum Gasteiger partial charge on any atom is -0.465 e. The molecule has 0 saturated heterocycles. The van der Waals surface area contributed by atoms with Crippen molar-refractivity contribution in [2.75, 3.05) is 12.4 Å². The number of ether oxygens (including phenoxy) is 1. The highest BCUT2D eigenvalue weighted by Gasteiger charge is 2.21. The monoisotopic (exact) mass is 370 g/mol. The number of nitrogens with one attached hydrogen (secondary N) is 1. The quantitative estimate of drug-likeness (QED) is 0.712. The van der Waals surface area contributed by atoms with Gasteiger partial charge in [0.25, 0.3) is 5.91 Å². The number of thiophene rings is 1. The van der Waals surface area contributed by atoms with E-state index in [2.05, 4.69) is 15.5 Å². The van der Waals surface area contributed by atoms with E-state index in [0.717, 1.165) is 16.8 Å². The van der Waals surface area contributed by atoms with Gasteiger partial charge in [-0.2, -0.15) is 9.90 Å². The second kappa shape index (κ2) is 7.09. The van der Waals surface area contributed by atoms with Crippen LogP contribution < -0.4 is 5.32 Å². The molecule has 0 fully saturated rings. The highest BCUT2D eigenvalue weighted by Crippen LogP contribution is 2.24. The van der Waals surface area contributed by atoms with Crippen LogP contribution in [0.4, 0.5) is 5.69 Å². The lowest BCUT2D eigenvalue weighted by Crippen LogP contribution is -2.16. The Morgan fingerprint density at radius 2 is 1.92 bits per heavy atom. The number of carbonyl (C=O) groups is 2. The van der Waals surface area contributed by atoms with Crippen LogP contribution in [0.25, 0.3) is 5.69 Å². The Morgan fingerprint density at radius 3 is 2.62 bits per heavy atom. The number of hydrogen-bond acceptors (Lipinski definition) is 6. The Bertz CT molecular complexity index is 990. The summed E-state index contributed by atoms with van der Waals surface area (Å²) in [7, 11) is 1.30. The van der Waals surface area contributed by atoms with E-state index in [9.17, 15) is 9.59 Å². The molecule has 134 valence electrons. The maximum absolute atomic E-state index is 12.6. The van der Waals surface area contributed by atoms with Crippen LogP contribution in [0.1, 0.15) is 37.0 Å². The average Bonchev–Trinajstić information content (AvgIpc) is 3.20. The third kappa shape index (κ3) is 3.36. The van der Waals surface area contributed by atoms with Crippen molar-refractivity contribution in [1.82, 2.24) is 15.0 Å². The largest absolute Gasteiger partial charge is 0.465 e. The molecule has 2 aromatic heterocycles. The van der Waals surface area contributed by atoms with Gasteiger partial charge in [0, 0.05) is 0 Å². The molecule has 0 unspecified atom stereocenters. The number of methoxy groups -OCH3 is 1. The fraction of sp³-hybridized carbons (Fsp3) is 0.222. The fourth-order valence-electron chi connectivity index (χ4n) is 2.57. The molecule has 0 atom stereocenters. The first kappa shape index (κ1) is 17.8. The molecule has 3 aromatic rings. The number of benzene rings is 1. The number of carbonyl (C=O) groups excluding carboxylic acids is 2. The SMILES string of the molecule is COC(=O)c1sccc1NC(=O)c1nn(-c2ccc(C)cc2C)nc1C. The van der Waals surface area contributed by atoms with E-state index in [1.807, 2.05) is 32.0 Å². The smallest absolute Gasteiger partial charge is 0.350 e. The summed E-state index contributed by atoms with van der Waals surface area (Å²) in [6.45, 7) is 5.70. The van der Waals surface area contributed by atoms with Crippen molar-refractivity contribution >= 4 is 28.9 Å². The van der Waals surface area contributed by atoms with Crippen molar-refractivity contribution in [3.05, 3.63) is 57.0 Å². The van der Waals surface area contributed by atoms with Gasteiger partial charge >= 0.3 is 5.97 Å². The maximum atomic E-state index is 12.6. The first-order chi connectivity index (χ1) is 12.4. The summed E-state index contributed by atoms with van der Waals surface area (Å²) < 4.78 is 4.72. The summed E-state index contributed by atoms with van der Waals surface area (Å²) in [6.07, 6.45) is 0. The van der Waals surface area contributed by atoms with E-state index in [4.69, 9.17) is 4.74 Å². The lowest BCUT2D eigenvalue weighted by atomic mass is 10.1. The third-order valence-electron chi connectivity index (χ3n) is 3.85. The van der Waals surface area contributed by atoms with Crippen LogP contribution in [0.3, 0.4) is 0 Å². The molecule has 0 aliphatic rings. The first-order valence-electron chi connectivity index (χ1n) is 7.89. The zero-order valence-corrected chi connectivity index (χ0v) is 15.7. The lowest BCUT2D eigenvalue weighted by molar-refractivity contribution is 0.0607. The second-order valence-electron chi connectivity index (χ2n) is 5.82. The van der Waals surface area contributed by atoms with Gasteiger partial charge in [-0.15, -0.1) is 16.4 Å². The Balaban J connectivity index is 1.89. The average molecular weight is 370 g/mol. The fourth-order valence-corrected chi connectivity index (χ4v) is 3.33. The number of nitrogens with zero attached hydrogens (tertiary/aromatic N) is 3. The Labute approximate surface area is 154 Å². The van der Waals surface area contributed by atoms with Gasteiger partial charge in [0.15, 0.2) is 5.69 Å². The molecule has 0 spiro atoms. The minimum atomic E-state index is -0.494. The van der Waals surface area contributed by atoms with Gasteiger partial charge in [0.1, 0.15) is 4.88 Å². The predicted molar refractivity (Wildman–Crippen MR) is 99.2 cm³/mol. The molecule has 8 heteroatoms. The zero-order valence-electron chi connectivity index (χ0n) is 14.9. The third-order valence-corrected chi connectivity index (χ3v) is 4.74. The number of amides is 1. The first-order valence-corrected chi connectivity index (χ1v) is 8.77. The standard InChI is InChI=1S/C18H18N4O3S/c1-10-5-6-14(11(2)9-10)22-20-12(3)15(21-22)17(23)19-13-7-8-26-16(13)18(24)25-4/h5-9H,1-4H3,(H,19,23). The predicted octanol–water partition coefficient (Wildman–Crippen LogP) is 3.29. The van der Waals surface area contributed by atoms with Crippen LogP contribution in [-0.2, 0) is 4.74 Å². The Morgan fingerprint density at radius 1 is 1.15 bits per heavy atom. The second-order valence-corrected chi connectivity index (χ2v) is 6.74. The molecule has 3 rings (SSSR count). The van der Waals surface area contributed by atoms with Crippen LogP contribution in [0, 0.1) is 20.8 Å². The molecule has 2 heterocycles. The van der Waals surface area contributed by atoms with Gasteiger partial charge in [-0.05, 0) is 43.8 Å². The van der Waals surface area contributed by atoms with E-state index in [1.165, 1.54) is 23.2 Å². The molecule has 0 aliphatic heterocycles. The molecule has 1 amide bonds. The highest BCUT2D eigenvalue weighted by atomic mass is 32.1. The molecule has 7 nitrogen and oxygen atoms in total. The molecular weight excluding hydrogens is 352 g/mol. The number of aromatic nitrogens is 3. The van der Waals surface area contributed by atoms with E-state index in [0.29, 0.717) is 16.3 Å². The van der Waals surface area contributed by atoms with Crippen LogP contribution in [-0.4, -0.2) is 34.0 Å². The molecule has 0 saturated carbocycles. The number of rotatable bonds is 4. The molecular formula is C18H18N4O3S. The minimum absolute atomic E-state index is 0.201. The van der Waals surface area contributed by atoms with Crippen LogP contribution in [0.15, 0.2) is 29.6 Å². The summed E-state index contributed by atoms with van der Waals surface area (Å²) in [4.78, 5) is 26.1. The van der Waals surface area contributed by atoms with Crippen LogP contribution in [0.2, 0.25) is 0 Å². The van der Waals surface area contributed by atoms with Gasteiger partial charge in [0.05, 0.1) is 24.2 Å². The van der Waals surface area contributed by atoms with E-state index < -0.39 is 11.9 Å². The van der Waals surface area contributed by atoms with Crippen LogP contribution in [0.5, 0.6) is 0 Å². The Kier molecular flexibility index (Phi) is 4.85. The molecule has 1 aromatic carbocycles. The normalized spacial score (nSPS) is 10.6. The maximum Gasteiger partial charge on any atom is 0.350 e. The molecule has 0 aliphatic carbocycles. The van der Waals surface area contributed by atoms with Gasteiger partial charge in [0.2, 0.25) is 0 Å². The summed E-state index contributed by atoms with van der Waals surface area (Å²) in [5.41, 5.74) is 4.05. The van der Waals surface area contributed by atoms with E-state index >= 15 is 0 Å². The highest BCUT2D eigenvalue weighted by molar-refractivity contribution is 7.12. The molecule has 26 heavy (non-hydrogen) atoms. The van der Waals surface area contributed by atoms with Crippen molar-refractivity contribution in [2.45, 2.75) is 20.8 Å². The van der Waals surface area contributed by atoms with Gasteiger partial charge in [-0.1, -0.05) is 17.7 Å². The van der Waals surface area contributed by atoms with Crippen molar-refractivity contribution in [3.8, 4) is 5.69 Å². The van der Waals surface area contributed by atoms with Crippen LogP contribution >= 0.6 is 11.3 Å². The number of anilines is 1. The van der Waals surface area contributed by atoms with Crippen molar-refractivity contribution in [2.24, 2.45) is 0 Å². The van der Waals surface area contributed by atoms with E-state index in [1.54, 1.807) is 18.4 Å². The van der Waals surface area contributed by atoms with Gasteiger partial charge in [-0.3, -0.25) is 4.79 Å². The van der Waals surface area contributed by atoms with Gasteiger partial charge < -0.3 is 10.1 Å². The zero-order chi connectivity index (χ0) is 18.8. The van der Waals surface area contributed by atoms with E-state index in [-0.39, 0.29) is 5.69 Å². The lowest BCUT2D eigenvalue weighted by Gasteiger charge is -2.05. The Hall–Kier alpha value is -3.00. The number of esters is 1.